The van der Waals surface area contributed by atoms with E-state index in [0.29, 0.717) is 32.8 Å². The van der Waals surface area contributed by atoms with Crippen LogP contribution in [-0.4, -0.2) is 50.1 Å². The quantitative estimate of drug-likeness (QED) is 0.209. The third kappa shape index (κ3) is 7.94. The summed E-state index contributed by atoms with van der Waals surface area (Å²) in [5.74, 6) is 1.01. The van der Waals surface area contributed by atoms with Gasteiger partial charge in [-0.3, -0.25) is 9.59 Å². The van der Waals surface area contributed by atoms with Crippen molar-refractivity contribution in [2.24, 2.45) is 11.7 Å². The van der Waals surface area contributed by atoms with Crippen LogP contribution in [0.15, 0.2) is 91.0 Å². The molecule has 1 saturated heterocycles. The highest BCUT2D eigenvalue weighted by atomic mass is 16.5. The minimum atomic E-state index is -0.0847. The second-order valence-electron chi connectivity index (χ2n) is 12.1. The maximum atomic E-state index is 13.4. The number of nitrogens with two attached hydrogens (primary N) is 1. The number of hydrogen-bond donors (Lipinski definition) is 2. The van der Waals surface area contributed by atoms with Crippen molar-refractivity contribution in [3.05, 3.63) is 113 Å². The van der Waals surface area contributed by atoms with Gasteiger partial charge in [-0.25, -0.2) is 0 Å². The topological polar surface area (TPSA) is 97.1 Å². The van der Waals surface area contributed by atoms with Crippen LogP contribution < -0.4 is 20.7 Å². The van der Waals surface area contributed by atoms with Crippen molar-refractivity contribution in [2.75, 3.05) is 43.6 Å². The number of carbonyl (C=O) groups excluding carboxylic acids is 2. The summed E-state index contributed by atoms with van der Waals surface area (Å²) < 4.78 is 10.8. The smallest absolute Gasteiger partial charge is 0.228 e. The molecule has 238 valence electrons. The minimum Gasteiger partial charge on any atom is -0.497 e. The van der Waals surface area contributed by atoms with Gasteiger partial charge < -0.3 is 30.3 Å². The summed E-state index contributed by atoms with van der Waals surface area (Å²) in [7, 11) is 1.63. The van der Waals surface area contributed by atoms with E-state index in [1.54, 1.807) is 7.11 Å². The molecule has 4 aromatic rings. The summed E-state index contributed by atoms with van der Waals surface area (Å²) in [5.41, 5.74) is 13.8. The number of nitrogens with one attached hydrogen (secondary N) is 1. The zero-order chi connectivity index (χ0) is 31.9. The minimum absolute atomic E-state index is 0.0847. The molecule has 8 nitrogen and oxygen atoms in total. The van der Waals surface area contributed by atoms with Crippen LogP contribution in [0.5, 0.6) is 5.75 Å². The Balaban J connectivity index is 1.24. The normalized spacial score (nSPS) is 14.5. The van der Waals surface area contributed by atoms with Crippen molar-refractivity contribution in [2.45, 2.75) is 38.9 Å². The van der Waals surface area contributed by atoms with E-state index in [1.165, 1.54) is 0 Å². The van der Waals surface area contributed by atoms with E-state index in [9.17, 15) is 9.59 Å². The third-order valence-electron chi connectivity index (χ3n) is 8.62. The predicted octanol–water partition coefficient (Wildman–Crippen LogP) is 5.78. The van der Waals surface area contributed by atoms with Gasteiger partial charge in [-0.2, -0.15) is 0 Å². The Kier molecular flexibility index (Phi) is 9.96. The fourth-order valence-corrected chi connectivity index (χ4v) is 5.96. The van der Waals surface area contributed by atoms with Gasteiger partial charge in [0.1, 0.15) is 5.75 Å². The standard InChI is InChI=1S/C38H42N4O4/c1-45-34-13-8-27(9-14-34)22-37(43)40-35-23-33(12-15-36(35)41-16-18-46-19-17-41)32-7-3-6-30(21-32)26-42(38(44)31-10-11-31)25-29-5-2-4-28(20-29)24-39/h2-9,12-15,20-21,23,31H,10-11,16-19,22,24-26,39H2,1H3,(H,40,43). The van der Waals surface area contributed by atoms with Crippen LogP contribution in [0.3, 0.4) is 0 Å². The zero-order valence-corrected chi connectivity index (χ0v) is 26.4. The summed E-state index contributed by atoms with van der Waals surface area (Å²) in [6, 6.07) is 30.3. The maximum Gasteiger partial charge on any atom is 0.228 e. The molecule has 0 atom stereocenters. The molecule has 4 aromatic carbocycles. The van der Waals surface area contributed by atoms with Crippen molar-refractivity contribution >= 4 is 23.2 Å². The van der Waals surface area contributed by atoms with E-state index in [0.717, 1.165) is 76.4 Å². The number of ether oxygens (including phenoxy) is 2. The highest BCUT2D eigenvalue weighted by Crippen LogP contribution is 2.34. The highest BCUT2D eigenvalue weighted by Gasteiger charge is 2.33. The third-order valence-corrected chi connectivity index (χ3v) is 8.62. The van der Waals surface area contributed by atoms with E-state index in [4.69, 9.17) is 15.2 Å². The zero-order valence-electron chi connectivity index (χ0n) is 26.4. The van der Waals surface area contributed by atoms with Crippen LogP contribution in [0.25, 0.3) is 11.1 Å². The molecule has 2 aliphatic rings. The Morgan fingerprint density at radius 2 is 1.52 bits per heavy atom. The highest BCUT2D eigenvalue weighted by molar-refractivity contribution is 5.96. The molecule has 8 heteroatoms. The first-order valence-electron chi connectivity index (χ1n) is 16.0. The predicted molar refractivity (Wildman–Crippen MR) is 182 cm³/mol. The van der Waals surface area contributed by atoms with Crippen LogP contribution in [-0.2, 0) is 40.4 Å². The Labute approximate surface area is 271 Å². The van der Waals surface area contributed by atoms with Crippen LogP contribution >= 0.6 is 0 Å². The lowest BCUT2D eigenvalue weighted by atomic mass is 10.0. The summed E-state index contributed by atoms with van der Waals surface area (Å²) in [6.45, 7) is 4.36. The molecule has 0 spiro atoms. The fraction of sp³-hybridized carbons (Fsp3) is 0.316. The number of nitrogens with zero attached hydrogens (tertiary/aromatic N) is 2. The fourth-order valence-electron chi connectivity index (χ4n) is 5.96. The lowest BCUT2D eigenvalue weighted by molar-refractivity contribution is -0.133. The van der Waals surface area contributed by atoms with Crippen LogP contribution in [0, 0.1) is 5.92 Å². The average Bonchev–Trinajstić information content (AvgIpc) is 3.94. The Morgan fingerprint density at radius 3 is 2.22 bits per heavy atom. The number of rotatable bonds is 12. The number of amides is 2. The van der Waals surface area contributed by atoms with E-state index < -0.39 is 0 Å². The summed E-state index contributed by atoms with van der Waals surface area (Å²) in [5, 5.41) is 3.20. The van der Waals surface area contributed by atoms with Gasteiger partial charge in [0, 0.05) is 38.6 Å². The Hall–Kier alpha value is -4.66. The first-order chi connectivity index (χ1) is 22.5. The molecule has 3 N–H and O–H groups in total. The van der Waals surface area contributed by atoms with Gasteiger partial charge in [0.25, 0.3) is 0 Å². The molecule has 2 fully saturated rings. The lowest BCUT2D eigenvalue weighted by Gasteiger charge is -2.31. The number of benzene rings is 4. The monoisotopic (exact) mass is 618 g/mol. The number of anilines is 2. The van der Waals surface area contributed by atoms with E-state index in [-0.39, 0.29) is 24.2 Å². The van der Waals surface area contributed by atoms with Crippen LogP contribution in [0.4, 0.5) is 11.4 Å². The molecule has 1 saturated carbocycles. The summed E-state index contributed by atoms with van der Waals surface area (Å²) in [4.78, 5) is 30.9. The number of hydrogen-bond acceptors (Lipinski definition) is 6. The molecular formula is C38H42N4O4. The molecule has 0 unspecified atom stereocenters. The Bertz CT molecular complexity index is 1660. The molecule has 6 rings (SSSR count). The van der Waals surface area contributed by atoms with Crippen molar-refractivity contribution in [1.82, 2.24) is 4.90 Å². The molecule has 0 radical (unpaired) electrons. The molecule has 0 bridgehead atoms. The van der Waals surface area contributed by atoms with Crippen molar-refractivity contribution in [3.8, 4) is 16.9 Å². The second-order valence-corrected chi connectivity index (χ2v) is 12.1. The molecule has 1 aliphatic carbocycles. The average molecular weight is 619 g/mol. The van der Waals surface area contributed by atoms with E-state index >= 15 is 0 Å². The van der Waals surface area contributed by atoms with Crippen molar-refractivity contribution < 1.29 is 19.1 Å². The SMILES string of the molecule is COc1ccc(CC(=O)Nc2cc(-c3cccc(CN(Cc4cccc(CN)c4)C(=O)C4CC4)c3)ccc2N2CCOCC2)cc1. The Morgan fingerprint density at radius 1 is 0.848 bits per heavy atom. The van der Waals surface area contributed by atoms with Crippen LogP contribution in [0.2, 0.25) is 0 Å². The second kappa shape index (κ2) is 14.6. The molecule has 0 aromatic heterocycles. The lowest BCUT2D eigenvalue weighted by Crippen LogP contribution is -2.36. The first kappa shape index (κ1) is 31.3. The van der Waals surface area contributed by atoms with Gasteiger partial charge in [-0.15, -0.1) is 0 Å². The maximum absolute atomic E-state index is 13.4. The van der Waals surface area contributed by atoms with Gasteiger partial charge >= 0.3 is 0 Å². The van der Waals surface area contributed by atoms with Gasteiger partial charge in [0.15, 0.2) is 0 Å². The molecule has 46 heavy (non-hydrogen) atoms. The van der Waals surface area contributed by atoms with Gasteiger partial charge in [0.2, 0.25) is 11.8 Å². The number of morpholine rings is 1. The molecular weight excluding hydrogens is 576 g/mol. The van der Waals surface area contributed by atoms with Crippen LogP contribution in [0.1, 0.15) is 35.1 Å². The molecule has 1 aliphatic heterocycles. The largest absolute Gasteiger partial charge is 0.497 e. The molecule has 2 amide bonds. The van der Waals surface area contributed by atoms with Crippen molar-refractivity contribution in [3.63, 3.8) is 0 Å². The van der Waals surface area contributed by atoms with E-state index in [1.807, 2.05) is 47.4 Å². The van der Waals surface area contributed by atoms with Gasteiger partial charge in [-0.05, 0) is 76.6 Å². The summed E-state index contributed by atoms with van der Waals surface area (Å²) in [6.07, 6.45) is 2.17. The first-order valence-corrected chi connectivity index (χ1v) is 16.0. The molecule has 1 heterocycles. The summed E-state index contributed by atoms with van der Waals surface area (Å²) >= 11 is 0. The number of methoxy groups -OCH3 is 1. The van der Waals surface area contributed by atoms with Crippen molar-refractivity contribution in [1.29, 1.82) is 0 Å². The van der Waals surface area contributed by atoms with Gasteiger partial charge in [-0.1, -0.05) is 60.7 Å². The number of carbonyl (C=O) groups is 2. The van der Waals surface area contributed by atoms with E-state index in [2.05, 4.69) is 58.7 Å². The van der Waals surface area contributed by atoms with Gasteiger partial charge in [0.05, 0.1) is 38.1 Å².